The molecule has 0 fully saturated rings. The molecule has 0 aromatic carbocycles. The van der Waals surface area contributed by atoms with Crippen LogP contribution in [0.15, 0.2) is 23.0 Å². The average molecular weight is 895 g/mol. The van der Waals surface area contributed by atoms with Crippen molar-refractivity contribution in [3.63, 3.8) is 0 Å². The summed E-state index contributed by atoms with van der Waals surface area (Å²) in [5.74, 6) is 3.81. The first-order valence-electron chi connectivity index (χ1n) is 27.9. The maximum Gasteiger partial charge on any atom is 0.162 e. The molecule has 0 aromatic heterocycles. The van der Waals surface area contributed by atoms with Crippen molar-refractivity contribution in [2.45, 2.75) is 299 Å². The first-order valence-corrected chi connectivity index (χ1v) is 27.9. The molecular weight excluding hydrogens is 785 g/mol. The smallest absolute Gasteiger partial charge is 0.162 e. The van der Waals surface area contributed by atoms with Crippen molar-refractivity contribution >= 4 is 0 Å². The molecule has 7 heteroatoms. The topological polar surface area (TPSA) is 64.6 Å². The van der Waals surface area contributed by atoms with E-state index >= 15 is 0 Å². The molecule has 0 aliphatic heterocycles. The normalized spacial score (nSPS) is 13.5. The molecule has 0 amide bonds. The molecule has 7 nitrogen and oxygen atoms in total. The van der Waals surface area contributed by atoms with Crippen molar-refractivity contribution in [2.24, 2.45) is 0 Å². The van der Waals surface area contributed by atoms with Crippen LogP contribution in [0.2, 0.25) is 0 Å². The van der Waals surface area contributed by atoms with E-state index < -0.39 is 0 Å². The van der Waals surface area contributed by atoms with E-state index in [0.717, 1.165) is 139 Å². The van der Waals surface area contributed by atoms with Gasteiger partial charge in [0.15, 0.2) is 25.1 Å². The molecule has 376 valence electrons. The zero-order valence-corrected chi connectivity index (χ0v) is 43.7. The molecule has 0 aromatic rings. The van der Waals surface area contributed by atoms with Gasteiger partial charge in [-0.25, -0.2) is 0 Å². The molecule has 0 aliphatic rings. The van der Waals surface area contributed by atoms with E-state index in [0.29, 0.717) is 13.2 Å². The summed E-state index contributed by atoms with van der Waals surface area (Å²) in [5, 5.41) is 0. The van der Waals surface area contributed by atoms with Crippen LogP contribution in [-0.2, 0) is 33.2 Å². The monoisotopic (exact) mass is 895 g/mol. The summed E-state index contributed by atoms with van der Waals surface area (Å²) in [7, 11) is 0. The second kappa shape index (κ2) is 50.0. The number of rotatable bonds is 52. The van der Waals surface area contributed by atoms with Gasteiger partial charge in [0.1, 0.15) is 23.7 Å². The van der Waals surface area contributed by atoms with Crippen LogP contribution < -0.4 is 0 Å². The largest absolute Gasteiger partial charge is 0.494 e. The van der Waals surface area contributed by atoms with Crippen LogP contribution in [0.25, 0.3) is 0 Å². The molecule has 0 bridgehead atoms. The fourth-order valence-corrected chi connectivity index (χ4v) is 7.80. The fraction of sp³-hybridized carbons (Fsp3) is 0.929. The summed E-state index contributed by atoms with van der Waals surface area (Å²) in [5.41, 5.74) is 0. The molecule has 0 aliphatic carbocycles. The van der Waals surface area contributed by atoms with Gasteiger partial charge in [0.2, 0.25) is 0 Å². The summed E-state index contributed by atoms with van der Waals surface area (Å²) in [6, 6.07) is 0. The minimum absolute atomic E-state index is 0.134. The minimum Gasteiger partial charge on any atom is -0.494 e. The standard InChI is InChI=1S/C56H110O7/c1-9-17-25-29-31-33-35-39-41-51(58-45-21-13-5)55(60-47-23-15-7)53(43-37-27-19-11-3)62-49-57-50-63-54(44-38-28-20-12-4)56(61-48-24-16-8)52(59-46-22-14-6)42-40-36-34-32-30-26-18-10-2/h53-54H,9-50H2,1-8H3. The van der Waals surface area contributed by atoms with Crippen molar-refractivity contribution in [1.29, 1.82) is 0 Å². The van der Waals surface area contributed by atoms with Crippen LogP contribution in [0.4, 0.5) is 0 Å². The second-order valence-corrected chi connectivity index (χ2v) is 18.3. The van der Waals surface area contributed by atoms with Crippen LogP contribution in [0.3, 0.4) is 0 Å². The van der Waals surface area contributed by atoms with E-state index in [4.69, 9.17) is 33.2 Å². The predicted molar refractivity (Wildman–Crippen MR) is 270 cm³/mol. The number of unbranched alkanes of at least 4 members (excludes halogenated alkanes) is 24. The summed E-state index contributed by atoms with van der Waals surface area (Å²) in [6.45, 7) is 21.1. The Morgan fingerprint density at radius 1 is 0.286 bits per heavy atom. The fourth-order valence-electron chi connectivity index (χ4n) is 7.80. The first kappa shape index (κ1) is 61.6. The Balaban J connectivity index is 6.33. The third-order valence-electron chi connectivity index (χ3n) is 12.1. The number of allylic oxidation sites excluding steroid dienone is 2. The zero-order chi connectivity index (χ0) is 46.1. The zero-order valence-electron chi connectivity index (χ0n) is 43.7. The Labute approximate surface area is 393 Å². The molecule has 0 saturated carbocycles. The minimum atomic E-state index is -0.215. The van der Waals surface area contributed by atoms with Crippen LogP contribution >= 0.6 is 0 Å². The highest BCUT2D eigenvalue weighted by molar-refractivity contribution is 5.09. The summed E-state index contributed by atoms with van der Waals surface area (Å²) < 4.78 is 46.3. The molecule has 0 spiro atoms. The van der Waals surface area contributed by atoms with Crippen LogP contribution in [0.5, 0.6) is 0 Å². The first-order chi connectivity index (χ1) is 31.1. The number of hydrogen-bond acceptors (Lipinski definition) is 7. The number of hydrogen-bond donors (Lipinski definition) is 0. The maximum absolute atomic E-state index is 6.71. The lowest BCUT2D eigenvalue weighted by molar-refractivity contribution is -0.167. The number of ether oxygens (including phenoxy) is 7. The van der Waals surface area contributed by atoms with Gasteiger partial charge in [0.25, 0.3) is 0 Å². The Bertz CT molecular complexity index is 905. The van der Waals surface area contributed by atoms with E-state index in [1.807, 2.05) is 0 Å². The third kappa shape index (κ3) is 37.4. The Morgan fingerprint density at radius 2 is 0.556 bits per heavy atom. The van der Waals surface area contributed by atoms with Crippen LogP contribution in [0, 0.1) is 0 Å². The van der Waals surface area contributed by atoms with Gasteiger partial charge in [-0.2, -0.15) is 0 Å². The van der Waals surface area contributed by atoms with Crippen molar-refractivity contribution in [1.82, 2.24) is 0 Å². The second-order valence-electron chi connectivity index (χ2n) is 18.3. The molecule has 0 saturated heterocycles. The van der Waals surface area contributed by atoms with E-state index in [9.17, 15) is 0 Å². The van der Waals surface area contributed by atoms with Crippen LogP contribution in [0.1, 0.15) is 287 Å². The van der Waals surface area contributed by atoms with E-state index in [2.05, 4.69) is 55.4 Å². The van der Waals surface area contributed by atoms with Gasteiger partial charge in [0, 0.05) is 12.8 Å². The third-order valence-corrected chi connectivity index (χ3v) is 12.1. The van der Waals surface area contributed by atoms with Gasteiger partial charge in [-0.15, -0.1) is 0 Å². The molecule has 0 rings (SSSR count). The van der Waals surface area contributed by atoms with Crippen molar-refractivity contribution in [3.8, 4) is 0 Å². The highest BCUT2D eigenvalue weighted by atomic mass is 16.7. The molecule has 63 heavy (non-hydrogen) atoms. The van der Waals surface area contributed by atoms with Crippen molar-refractivity contribution in [2.75, 3.05) is 40.0 Å². The SMILES string of the molecule is CCCCCCCCCCC(OCCCC)=C(OCCCC)C(CCCCCC)OCOCOC(CCCCCC)C(OCCCC)=C(CCCCCCCCCC)OCCCC. The molecule has 0 radical (unpaired) electrons. The Morgan fingerprint density at radius 3 is 0.873 bits per heavy atom. The Kier molecular flexibility index (Phi) is 48.8. The molecule has 2 atom stereocenters. The van der Waals surface area contributed by atoms with E-state index in [1.54, 1.807) is 0 Å². The van der Waals surface area contributed by atoms with Gasteiger partial charge in [-0.3, -0.25) is 0 Å². The van der Waals surface area contributed by atoms with E-state index in [-0.39, 0.29) is 25.8 Å². The Hall–Kier alpha value is -1.44. The lowest BCUT2D eigenvalue weighted by atomic mass is 10.0. The van der Waals surface area contributed by atoms with Gasteiger partial charge >= 0.3 is 0 Å². The lowest BCUT2D eigenvalue weighted by Crippen LogP contribution is -2.25. The van der Waals surface area contributed by atoms with Gasteiger partial charge in [-0.05, 0) is 51.4 Å². The lowest BCUT2D eigenvalue weighted by Gasteiger charge is -2.26. The van der Waals surface area contributed by atoms with Crippen LogP contribution in [-0.4, -0.2) is 52.2 Å². The predicted octanol–water partition coefficient (Wildman–Crippen LogP) is 18.4. The molecular formula is C56H110O7. The molecule has 2 unspecified atom stereocenters. The average Bonchev–Trinajstić information content (AvgIpc) is 3.29. The van der Waals surface area contributed by atoms with Crippen molar-refractivity contribution < 1.29 is 33.2 Å². The summed E-state index contributed by atoms with van der Waals surface area (Å²) >= 11 is 0. The maximum atomic E-state index is 6.71. The van der Waals surface area contributed by atoms with Gasteiger partial charge in [-0.1, -0.05) is 222 Å². The quantitative estimate of drug-likeness (QED) is 0.0342. The summed E-state index contributed by atoms with van der Waals surface area (Å²) in [4.78, 5) is 0. The van der Waals surface area contributed by atoms with E-state index in [1.165, 1.54) is 128 Å². The van der Waals surface area contributed by atoms with Gasteiger partial charge in [0.05, 0.1) is 26.4 Å². The highest BCUT2D eigenvalue weighted by Gasteiger charge is 2.25. The highest BCUT2D eigenvalue weighted by Crippen LogP contribution is 2.28. The molecule has 0 N–H and O–H groups in total. The molecule has 0 heterocycles. The van der Waals surface area contributed by atoms with Gasteiger partial charge < -0.3 is 33.2 Å². The van der Waals surface area contributed by atoms with Crippen molar-refractivity contribution in [3.05, 3.63) is 23.0 Å². The summed E-state index contributed by atoms with van der Waals surface area (Å²) in [6.07, 6.45) is 41.6.